The van der Waals surface area contributed by atoms with Gasteiger partial charge in [-0.15, -0.1) is 16.4 Å². The van der Waals surface area contributed by atoms with Crippen molar-refractivity contribution in [3.05, 3.63) is 127 Å². The molecule has 2 aromatic heterocycles. The standard InChI is InChI=1S/C44H31B5O2/c45-39-38(40(46)42(48)43(49)41(39)47)36-27-12-3-1-10-25(27)35(26-11-2-4-13-28(26)36)30-19-18-23(37-29-14-6-8-16-33(29)51-44(30)37)22-17-20-34-31(21-22)24-9-5-7-15-32(24)50-34/h1-21H,45-49H2. The van der Waals surface area contributed by atoms with Gasteiger partial charge in [-0.3, -0.25) is 0 Å². The molecule has 234 valence electrons. The molecule has 0 saturated carbocycles. The van der Waals surface area contributed by atoms with E-state index in [9.17, 15) is 0 Å². The molecular weight excluding hydrogens is 615 g/mol. The van der Waals surface area contributed by atoms with E-state index in [4.69, 9.17) is 8.83 Å². The zero-order valence-electron chi connectivity index (χ0n) is 29.4. The highest BCUT2D eigenvalue weighted by Gasteiger charge is 2.24. The maximum absolute atomic E-state index is 6.92. The summed E-state index contributed by atoms with van der Waals surface area (Å²) in [6.07, 6.45) is 0. The lowest BCUT2D eigenvalue weighted by Crippen LogP contribution is -2.55. The van der Waals surface area contributed by atoms with Crippen LogP contribution in [0.2, 0.25) is 0 Å². The Morgan fingerprint density at radius 3 is 1.43 bits per heavy atom. The molecule has 7 heteroatoms. The molecule has 0 N–H and O–H groups in total. The summed E-state index contributed by atoms with van der Waals surface area (Å²) in [6, 6.07) is 45.7. The highest BCUT2D eigenvalue weighted by Crippen LogP contribution is 2.48. The van der Waals surface area contributed by atoms with Crippen LogP contribution in [0.5, 0.6) is 0 Å². The second kappa shape index (κ2) is 11.1. The Bertz CT molecular complexity index is 3010. The second-order valence-electron chi connectivity index (χ2n) is 14.1. The summed E-state index contributed by atoms with van der Waals surface area (Å²) in [7, 11) is 11.4. The van der Waals surface area contributed by atoms with Gasteiger partial charge in [0.05, 0.1) is 0 Å². The number of rotatable bonds is 3. The number of hydrogen-bond acceptors (Lipinski definition) is 2. The lowest BCUT2D eigenvalue weighted by Gasteiger charge is -2.24. The van der Waals surface area contributed by atoms with Gasteiger partial charge in [0, 0.05) is 32.7 Å². The molecule has 0 radical (unpaired) electrons. The third-order valence-corrected chi connectivity index (χ3v) is 11.7. The first kappa shape index (κ1) is 30.1. The van der Waals surface area contributed by atoms with Gasteiger partial charge in [0.25, 0.3) is 0 Å². The molecule has 0 amide bonds. The quantitative estimate of drug-likeness (QED) is 0.214. The van der Waals surface area contributed by atoms with E-state index in [2.05, 4.69) is 154 Å². The Balaban J connectivity index is 1.32. The van der Waals surface area contributed by atoms with Gasteiger partial charge in [0.15, 0.2) is 0 Å². The summed E-state index contributed by atoms with van der Waals surface area (Å²) in [5, 5.41) is 9.45. The van der Waals surface area contributed by atoms with E-state index in [1.165, 1.54) is 65.5 Å². The van der Waals surface area contributed by atoms with Gasteiger partial charge in [-0.25, -0.2) is 0 Å². The number of hydrogen-bond donors (Lipinski definition) is 0. The zero-order valence-corrected chi connectivity index (χ0v) is 29.4. The van der Waals surface area contributed by atoms with Crippen LogP contribution in [0.4, 0.5) is 0 Å². The van der Waals surface area contributed by atoms with Gasteiger partial charge in [0.1, 0.15) is 61.6 Å². The third kappa shape index (κ3) is 4.24. The van der Waals surface area contributed by atoms with Crippen molar-refractivity contribution >= 4 is 132 Å². The van der Waals surface area contributed by atoms with Crippen molar-refractivity contribution in [1.29, 1.82) is 0 Å². The summed E-state index contributed by atoms with van der Waals surface area (Å²) < 4.78 is 13.1. The lowest BCUT2D eigenvalue weighted by atomic mass is 9.59. The molecule has 0 bridgehead atoms. The summed E-state index contributed by atoms with van der Waals surface area (Å²) in [5.41, 5.74) is 17.7. The van der Waals surface area contributed by atoms with Crippen molar-refractivity contribution in [3.8, 4) is 33.4 Å². The van der Waals surface area contributed by atoms with Crippen molar-refractivity contribution in [3.63, 3.8) is 0 Å². The number of fused-ring (bicyclic) bond motifs is 8. The molecule has 0 aliphatic carbocycles. The molecule has 2 nitrogen and oxygen atoms in total. The molecule has 8 aromatic carbocycles. The molecule has 10 aromatic rings. The highest BCUT2D eigenvalue weighted by molar-refractivity contribution is 6.69. The SMILES string of the molecule is Bc1c(B)c(B)c(-c2c3ccccc3c(-c3ccc(-c4ccc5oc6ccccc6c5c4)c4c3oc3ccccc34)c3ccccc23)c(B)c1B. The molecule has 0 spiro atoms. The molecule has 0 fully saturated rings. The molecule has 0 unspecified atom stereocenters. The van der Waals surface area contributed by atoms with Crippen LogP contribution in [-0.2, 0) is 0 Å². The van der Waals surface area contributed by atoms with E-state index in [1.54, 1.807) is 0 Å². The monoisotopic (exact) mass is 646 g/mol. The molecular formula is C44H31B5O2. The minimum absolute atomic E-state index is 0.887. The van der Waals surface area contributed by atoms with Crippen LogP contribution in [0.3, 0.4) is 0 Å². The average Bonchev–Trinajstić information content (AvgIpc) is 3.75. The van der Waals surface area contributed by atoms with E-state index in [0.29, 0.717) is 0 Å². The number of furan rings is 2. The lowest BCUT2D eigenvalue weighted by molar-refractivity contribution is 0.669. The van der Waals surface area contributed by atoms with E-state index in [0.717, 1.165) is 60.6 Å². The van der Waals surface area contributed by atoms with Gasteiger partial charge < -0.3 is 8.83 Å². The van der Waals surface area contributed by atoms with E-state index in [-0.39, 0.29) is 0 Å². The van der Waals surface area contributed by atoms with Crippen LogP contribution in [-0.4, -0.2) is 39.2 Å². The Hall–Kier alpha value is -5.80. The van der Waals surface area contributed by atoms with Crippen LogP contribution < -0.4 is 27.3 Å². The van der Waals surface area contributed by atoms with Crippen LogP contribution in [0.15, 0.2) is 136 Å². The summed E-state index contributed by atoms with van der Waals surface area (Å²) in [6.45, 7) is 0. The van der Waals surface area contributed by atoms with Crippen molar-refractivity contribution < 1.29 is 8.83 Å². The normalized spacial score (nSPS) is 11.9. The number of para-hydroxylation sites is 2. The van der Waals surface area contributed by atoms with Crippen molar-refractivity contribution in [2.24, 2.45) is 0 Å². The highest BCUT2D eigenvalue weighted by atomic mass is 16.3. The summed E-state index contributed by atoms with van der Waals surface area (Å²) in [4.78, 5) is 0. The topological polar surface area (TPSA) is 26.3 Å². The fourth-order valence-electron chi connectivity index (χ4n) is 8.72. The molecule has 0 saturated heterocycles. The Morgan fingerprint density at radius 2 is 0.804 bits per heavy atom. The van der Waals surface area contributed by atoms with E-state index < -0.39 is 0 Å². The van der Waals surface area contributed by atoms with Gasteiger partial charge in [-0.1, -0.05) is 108 Å². The molecule has 51 heavy (non-hydrogen) atoms. The molecule has 0 atom stereocenters. The number of benzene rings is 8. The van der Waals surface area contributed by atoms with Crippen LogP contribution in [0.25, 0.3) is 98.8 Å². The van der Waals surface area contributed by atoms with Gasteiger partial charge in [-0.05, 0) is 74.1 Å². The minimum atomic E-state index is 0.887. The van der Waals surface area contributed by atoms with Crippen LogP contribution >= 0.6 is 0 Å². The van der Waals surface area contributed by atoms with Crippen LogP contribution in [0, 0.1) is 0 Å². The van der Waals surface area contributed by atoms with E-state index >= 15 is 0 Å². The summed E-state index contributed by atoms with van der Waals surface area (Å²) >= 11 is 0. The molecule has 0 aliphatic heterocycles. The third-order valence-electron chi connectivity index (χ3n) is 11.7. The first-order valence-corrected chi connectivity index (χ1v) is 17.8. The average molecular weight is 646 g/mol. The van der Waals surface area contributed by atoms with Gasteiger partial charge in [-0.2, -0.15) is 0 Å². The predicted molar refractivity (Wildman–Crippen MR) is 233 cm³/mol. The van der Waals surface area contributed by atoms with Gasteiger partial charge >= 0.3 is 0 Å². The maximum atomic E-state index is 6.92. The maximum Gasteiger partial charge on any atom is 0.143 e. The first-order valence-electron chi connectivity index (χ1n) is 17.8. The second-order valence-corrected chi connectivity index (χ2v) is 14.1. The smallest absolute Gasteiger partial charge is 0.143 e. The van der Waals surface area contributed by atoms with E-state index in [1.807, 2.05) is 12.1 Å². The molecule has 2 heterocycles. The van der Waals surface area contributed by atoms with Crippen molar-refractivity contribution in [2.45, 2.75) is 0 Å². The molecule has 0 aliphatic rings. The largest absolute Gasteiger partial charge is 0.456 e. The fraction of sp³-hybridized carbons (Fsp3) is 0. The Labute approximate surface area is 300 Å². The Morgan fingerprint density at radius 1 is 0.333 bits per heavy atom. The minimum Gasteiger partial charge on any atom is -0.456 e. The van der Waals surface area contributed by atoms with Crippen molar-refractivity contribution in [2.75, 3.05) is 0 Å². The zero-order chi connectivity index (χ0) is 34.5. The van der Waals surface area contributed by atoms with Crippen LogP contribution in [0.1, 0.15) is 0 Å². The summed E-state index contributed by atoms with van der Waals surface area (Å²) in [5.74, 6) is 0. The van der Waals surface area contributed by atoms with Gasteiger partial charge in [0.2, 0.25) is 0 Å². The molecule has 10 rings (SSSR count). The predicted octanol–water partition coefficient (Wildman–Crippen LogP) is 4.08. The fourth-order valence-corrected chi connectivity index (χ4v) is 8.72. The Kier molecular flexibility index (Phi) is 6.55. The van der Waals surface area contributed by atoms with Crippen molar-refractivity contribution in [1.82, 2.24) is 0 Å². The first-order chi connectivity index (χ1) is 24.9.